The fourth-order valence-corrected chi connectivity index (χ4v) is 7.11. The predicted molar refractivity (Wildman–Crippen MR) is 162 cm³/mol. The van der Waals surface area contributed by atoms with Gasteiger partial charge in [0.25, 0.3) is 0 Å². The van der Waals surface area contributed by atoms with Crippen molar-refractivity contribution in [3.05, 3.63) is 102 Å². The molecule has 3 unspecified atom stereocenters. The highest BCUT2D eigenvalue weighted by atomic mass is 28.4. The molecule has 3 aromatic rings. The molecular formula is C35H44O2Si. The number of benzene rings is 3. The third kappa shape index (κ3) is 5.28. The van der Waals surface area contributed by atoms with Gasteiger partial charge >= 0.3 is 0 Å². The second-order valence-corrected chi connectivity index (χ2v) is 17.6. The van der Waals surface area contributed by atoms with E-state index in [4.69, 9.17) is 9.16 Å². The summed E-state index contributed by atoms with van der Waals surface area (Å²) in [6.45, 7) is 14.7. The molecule has 3 heteroatoms. The Balaban J connectivity index is 1.45. The number of ether oxygens (including phenoxy) is 1. The third-order valence-corrected chi connectivity index (χ3v) is 13.8. The van der Waals surface area contributed by atoms with Crippen LogP contribution in [0.3, 0.4) is 0 Å². The summed E-state index contributed by atoms with van der Waals surface area (Å²) in [7, 11) is -2.00. The van der Waals surface area contributed by atoms with Crippen molar-refractivity contribution in [2.75, 3.05) is 6.61 Å². The van der Waals surface area contributed by atoms with Gasteiger partial charge in [0.2, 0.25) is 0 Å². The molecule has 2 nitrogen and oxygen atoms in total. The molecule has 5 rings (SSSR count). The lowest BCUT2D eigenvalue weighted by atomic mass is 9.76. The fourth-order valence-electron chi connectivity index (χ4n) is 5.80. The Morgan fingerprint density at radius 3 is 2.29 bits per heavy atom. The lowest BCUT2D eigenvalue weighted by Gasteiger charge is -2.44. The minimum Gasteiger partial charge on any atom is -0.493 e. The van der Waals surface area contributed by atoms with Gasteiger partial charge in [-0.3, -0.25) is 0 Å². The van der Waals surface area contributed by atoms with E-state index in [2.05, 4.69) is 126 Å². The fraction of sp³-hybridized carbons (Fsp3) is 0.429. The number of hydrogen-bond donors (Lipinski definition) is 0. The zero-order valence-electron chi connectivity index (χ0n) is 24.1. The minimum atomic E-state index is -2.00. The molecule has 1 aliphatic heterocycles. The number of hydrogen-bond acceptors (Lipinski definition) is 2. The smallest absolute Gasteiger partial charge is 0.192 e. The topological polar surface area (TPSA) is 18.5 Å². The lowest BCUT2D eigenvalue weighted by molar-refractivity contribution is 0.0589. The molecule has 0 spiro atoms. The number of rotatable bonds is 7. The first kappa shape index (κ1) is 27.0. The van der Waals surface area contributed by atoms with E-state index in [1.54, 1.807) is 0 Å². The summed E-state index contributed by atoms with van der Waals surface area (Å²) in [6, 6.07) is 26.6. The Morgan fingerprint density at radius 1 is 0.947 bits per heavy atom. The molecular weight excluding hydrogens is 480 g/mol. The van der Waals surface area contributed by atoms with E-state index < -0.39 is 8.32 Å². The zero-order chi connectivity index (χ0) is 27.0. The standard InChI is InChI=1S/C35H44O2Si/c1-7-35(21-11-12-22-35)30-19-20-31-32(24-30)36-25-29(33(31)37-38(5,6)34(2,3)4)23-26-15-17-28(18-16-26)27-13-9-8-10-14-27/h8-11,13-21,24,29,33H,7,12,22-23,25H2,1-6H3. The highest BCUT2D eigenvalue weighted by Crippen LogP contribution is 2.48. The van der Waals surface area contributed by atoms with Crippen LogP contribution in [0.5, 0.6) is 5.75 Å². The summed E-state index contributed by atoms with van der Waals surface area (Å²) in [5.74, 6) is 1.30. The summed E-state index contributed by atoms with van der Waals surface area (Å²) < 4.78 is 13.7. The van der Waals surface area contributed by atoms with Gasteiger partial charge in [-0.05, 0) is 72.1 Å². The van der Waals surface area contributed by atoms with Gasteiger partial charge in [0, 0.05) is 16.9 Å². The van der Waals surface area contributed by atoms with Gasteiger partial charge in [0.1, 0.15) is 5.75 Å². The molecule has 0 amide bonds. The molecule has 0 saturated carbocycles. The van der Waals surface area contributed by atoms with E-state index in [0.717, 1.165) is 25.0 Å². The Kier molecular flexibility index (Phi) is 7.45. The van der Waals surface area contributed by atoms with E-state index in [0.29, 0.717) is 6.61 Å². The quantitative estimate of drug-likeness (QED) is 0.226. The maximum Gasteiger partial charge on any atom is 0.192 e. The van der Waals surface area contributed by atoms with E-state index >= 15 is 0 Å². The first-order chi connectivity index (χ1) is 18.1. The van der Waals surface area contributed by atoms with Crippen LogP contribution < -0.4 is 4.74 Å². The van der Waals surface area contributed by atoms with Crippen LogP contribution in [0, 0.1) is 5.92 Å². The Morgan fingerprint density at radius 2 is 1.66 bits per heavy atom. The van der Waals surface area contributed by atoms with Gasteiger partial charge in [0.15, 0.2) is 8.32 Å². The molecule has 2 aliphatic rings. The monoisotopic (exact) mass is 524 g/mol. The van der Waals surface area contributed by atoms with Crippen LogP contribution in [-0.4, -0.2) is 14.9 Å². The Hall–Kier alpha value is -2.62. The Labute approximate surface area is 231 Å². The maximum atomic E-state index is 7.21. The van der Waals surface area contributed by atoms with Crippen molar-refractivity contribution >= 4 is 8.32 Å². The van der Waals surface area contributed by atoms with Gasteiger partial charge < -0.3 is 9.16 Å². The van der Waals surface area contributed by atoms with Crippen molar-refractivity contribution in [2.24, 2.45) is 5.92 Å². The average Bonchev–Trinajstić information content (AvgIpc) is 3.40. The average molecular weight is 525 g/mol. The summed E-state index contributed by atoms with van der Waals surface area (Å²) in [6.07, 6.45) is 9.21. The maximum absolute atomic E-state index is 7.21. The molecule has 3 atom stereocenters. The normalized spacial score (nSPS) is 23.2. The predicted octanol–water partition coefficient (Wildman–Crippen LogP) is 9.67. The van der Waals surface area contributed by atoms with Crippen LogP contribution >= 0.6 is 0 Å². The van der Waals surface area contributed by atoms with Crippen LogP contribution in [0.4, 0.5) is 0 Å². The summed E-state index contributed by atoms with van der Waals surface area (Å²) in [5.41, 5.74) is 6.60. The van der Waals surface area contributed by atoms with Crippen LogP contribution in [0.25, 0.3) is 11.1 Å². The molecule has 3 aromatic carbocycles. The molecule has 1 heterocycles. The van der Waals surface area contributed by atoms with Crippen molar-refractivity contribution in [1.82, 2.24) is 0 Å². The molecule has 0 radical (unpaired) electrons. The molecule has 0 N–H and O–H groups in total. The van der Waals surface area contributed by atoms with Crippen LogP contribution in [0.1, 0.15) is 69.8 Å². The van der Waals surface area contributed by atoms with Gasteiger partial charge in [0.05, 0.1) is 12.7 Å². The van der Waals surface area contributed by atoms with Crippen molar-refractivity contribution in [3.8, 4) is 16.9 Å². The van der Waals surface area contributed by atoms with Gasteiger partial charge in [-0.15, -0.1) is 0 Å². The largest absolute Gasteiger partial charge is 0.493 e. The van der Waals surface area contributed by atoms with E-state index in [1.807, 2.05) is 0 Å². The molecule has 0 bridgehead atoms. The number of fused-ring (bicyclic) bond motifs is 1. The summed E-state index contributed by atoms with van der Waals surface area (Å²) in [5, 5.41) is 0.147. The van der Waals surface area contributed by atoms with E-state index in [-0.39, 0.29) is 22.5 Å². The lowest BCUT2D eigenvalue weighted by Crippen LogP contribution is -2.45. The first-order valence-electron chi connectivity index (χ1n) is 14.4. The first-order valence-corrected chi connectivity index (χ1v) is 17.3. The SMILES string of the molecule is CCC1(c2ccc3c(c2)OCC(Cc2ccc(-c4ccccc4)cc2)C3O[Si](C)(C)C(C)(C)C)C=CCC1. The van der Waals surface area contributed by atoms with Gasteiger partial charge in [-0.2, -0.15) is 0 Å². The molecule has 0 saturated heterocycles. The van der Waals surface area contributed by atoms with Crippen LogP contribution in [0.15, 0.2) is 84.9 Å². The minimum absolute atomic E-state index is 0.0409. The van der Waals surface area contributed by atoms with Crippen molar-refractivity contribution in [1.29, 1.82) is 0 Å². The summed E-state index contributed by atoms with van der Waals surface area (Å²) >= 11 is 0. The van der Waals surface area contributed by atoms with Crippen molar-refractivity contribution in [2.45, 2.75) is 83.0 Å². The van der Waals surface area contributed by atoms with Crippen LogP contribution in [-0.2, 0) is 16.3 Å². The second kappa shape index (κ2) is 10.5. The summed E-state index contributed by atoms with van der Waals surface area (Å²) in [4.78, 5) is 0. The Bertz CT molecular complexity index is 1270. The molecule has 0 fully saturated rings. The molecule has 38 heavy (non-hydrogen) atoms. The zero-order valence-corrected chi connectivity index (χ0v) is 25.1. The second-order valence-electron chi connectivity index (χ2n) is 12.8. The van der Waals surface area contributed by atoms with Crippen molar-refractivity contribution in [3.63, 3.8) is 0 Å². The highest BCUT2D eigenvalue weighted by molar-refractivity contribution is 6.74. The highest BCUT2D eigenvalue weighted by Gasteiger charge is 2.43. The van der Waals surface area contributed by atoms with Gasteiger partial charge in [-0.1, -0.05) is 107 Å². The van der Waals surface area contributed by atoms with E-state index in [1.165, 1.54) is 34.2 Å². The van der Waals surface area contributed by atoms with Gasteiger partial charge in [-0.25, -0.2) is 0 Å². The van der Waals surface area contributed by atoms with Crippen LogP contribution in [0.2, 0.25) is 18.1 Å². The number of allylic oxidation sites excluding steroid dienone is 2. The van der Waals surface area contributed by atoms with Crippen molar-refractivity contribution < 1.29 is 9.16 Å². The molecule has 1 aliphatic carbocycles. The molecule has 0 aromatic heterocycles. The third-order valence-electron chi connectivity index (χ3n) is 9.39. The van der Waals surface area contributed by atoms with E-state index in [9.17, 15) is 0 Å². The molecule has 200 valence electrons.